The molecule has 2 heterocycles. The van der Waals surface area contributed by atoms with Crippen molar-refractivity contribution in [2.24, 2.45) is 11.8 Å². The average Bonchev–Trinajstić information content (AvgIpc) is 2.92. The standard InChI is InChI=1S/C21H26N2O3/c24-19(22-13-11-15-6-1-2-7-16(15)14-22)10-5-12-23-20(25)17-8-3-4-9-18(17)21(23)26/h3-4,8-9,15-16H,1-2,5-7,10-14H2/t15-,16+/m0/s1. The van der Waals surface area contributed by atoms with Crippen molar-refractivity contribution >= 4 is 17.7 Å². The number of carbonyl (C=O) groups is 3. The van der Waals surface area contributed by atoms with E-state index < -0.39 is 0 Å². The number of likely N-dealkylation sites (tertiary alicyclic amines) is 1. The largest absolute Gasteiger partial charge is 0.342 e. The molecule has 4 rings (SSSR count). The lowest BCUT2D eigenvalue weighted by molar-refractivity contribution is -0.134. The summed E-state index contributed by atoms with van der Waals surface area (Å²) in [5.41, 5.74) is 0.950. The summed E-state index contributed by atoms with van der Waals surface area (Å²) in [6.07, 6.45) is 7.29. The molecule has 2 atom stereocenters. The summed E-state index contributed by atoms with van der Waals surface area (Å²) >= 11 is 0. The first-order chi connectivity index (χ1) is 12.6. The van der Waals surface area contributed by atoms with Gasteiger partial charge in [0.25, 0.3) is 11.8 Å². The van der Waals surface area contributed by atoms with Gasteiger partial charge in [0.05, 0.1) is 11.1 Å². The molecule has 1 aromatic carbocycles. The molecule has 0 N–H and O–H groups in total. The van der Waals surface area contributed by atoms with Gasteiger partial charge in [-0.1, -0.05) is 31.4 Å². The summed E-state index contributed by atoms with van der Waals surface area (Å²) in [4.78, 5) is 40.6. The first-order valence-corrected chi connectivity index (χ1v) is 9.88. The highest BCUT2D eigenvalue weighted by molar-refractivity contribution is 6.21. The van der Waals surface area contributed by atoms with Crippen LogP contribution in [0.25, 0.3) is 0 Å². The van der Waals surface area contributed by atoms with E-state index in [1.807, 2.05) is 4.90 Å². The molecular formula is C21H26N2O3. The van der Waals surface area contributed by atoms with Crippen LogP contribution in [0.2, 0.25) is 0 Å². The Morgan fingerprint density at radius 3 is 2.31 bits per heavy atom. The van der Waals surface area contributed by atoms with Crippen LogP contribution in [0, 0.1) is 11.8 Å². The summed E-state index contributed by atoms with van der Waals surface area (Å²) in [6, 6.07) is 6.92. The fraction of sp³-hybridized carbons (Fsp3) is 0.571. The number of imide groups is 1. The van der Waals surface area contributed by atoms with E-state index in [-0.39, 0.29) is 17.7 Å². The number of piperidine rings is 1. The second-order valence-electron chi connectivity index (χ2n) is 7.84. The summed E-state index contributed by atoms with van der Waals surface area (Å²) in [5.74, 6) is 1.19. The third kappa shape index (κ3) is 3.15. The summed E-state index contributed by atoms with van der Waals surface area (Å²) in [7, 11) is 0. The van der Waals surface area contributed by atoms with Gasteiger partial charge in [0.1, 0.15) is 0 Å². The van der Waals surface area contributed by atoms with Crippen molar-refractivity contribution < 1.29 is 14.4 Å². The molecule has 0 radical (unpaired) electrons. The van der Waals surface area contributed by atoms with Gasteiger partial charge in [-0.15, -0.1) is 0 Å². The fourth-order valence-corrected chi connectivity index (χ4v) is 4.82. The van der Waals surface area contributed by atoms with Crippen LogP contribution in [0.1, 0.15) is 65.7 Å². The molecule has 138 valence electrons. The zero-order chi connectivity index (χ0) is 18.1. The Hall–Kier alpha value is -2.17. The van der Waals surface area contributed by atoms with Crippen LogP contribution in [-0.2, 0) is 4.79 Å². The van der Waals surface area contributed by atoms with Gasteiger partial charge in [-0.2, -0.15) is 0 Å². The monoisotopic (exact) mass is 354 g/mol. The van der Waals surface area contributed by atoms with E-state index >= 15 is 0 Å². The molecule has 0 spiro atoms. The highest BCUT2D eigenvalue weighted by atomic mass is 16.2. The second-order valence-corrected chi connectivity index (χ2v) is 7.84. The second kappa shape index (κ2) is 7.22. The average molecular weight is 354 g/mol. The lowest BCUT2D eigenvalue weighted by atomic mass is 9.75. The van der Waals surface area contributed by atoms with Crippen molar-refractivity contribution in [2.75, 3.05) is 19.6 Å². The van der Waals surface area contributed by atoms with Crippen molar-refractivity contribution in [3.05, 3.63) is 35.4 Å². The molecule has 2 aliphatic heterocycles. The Morgan fingerprint density at radius 2 is 1.62 bits per heavy atom. The predicted molar refractivity (Wildman–Crippen MR) is 97.7 cm³/mol. The van der Waals surface area contributed by atoms with E-state index in [0.717, 1.165) is 25.4 Å². The zero-order valence-electron chi connectivity index (χ0n) is 15.2. The number of amides is 3. The number of rotatable bonds is 4. The molecule has 2 fully saturated rings. The van der Waals surface area contributed by atoms with Crippen LogP contribution in [0.4, 0.5) is 0 Å². The molecule has 1 aromatic rings. The molecule has 0 aromatic heterocycles. The molecule has 1 saturated heterocycles. The molecule has 5 heteroatoms. The third-order valence-corrected chi connectivity index (χ3v) is 6.29. The smallest absolute Gasteiger partial charge is 0.261 e. The minimum absolute atomic E-state index is 0.172. The van der Waals surface area contributed by atoms with Crippen LogP contribution in [0.3, 0.4) is 0 Å². The number of benzene rings is 1. The van der Waals surface area contributed by atoms with E-state index in [4.69, 9.17) is 0 Å². The normalized spacial score (nSPS) is 25.2. The Morgan fingerprint density at radius 1 is 0.962 bits per heavy atom. The first-order valence-electron chi connectivity index (χ1n) is 9.88. The van der Waals surface area contributed by atoms with Gasteiger partial charge < -0.3 is 4.90 Å². The fourth-order valence-electron chi connectivity index (χ4n) is 4.82. The van der Waals surface area contributed by atoms with Crippen LogP contribution in [0.5, 0.6) is 0 Å². The summed E-state index contributed by atoms with van der Waals surface area (Å²) in [5, 5.41) is 0. The Balaban J connectivity index is 1.28. The topological polar surface area (TPSA) is 57.7 Å². The highest BCUT2D eigenvalue weighted by Gasteiger charge is 2.35. The molecule has 0 unspecified atom stereocenters. The van der Waals surface area contributed by atoms with Gasteiger partial charge in [0.2, 0.25) is 5.91 Å². The number of carbonyl (C=O) groups excluding carboxylic acids is 3. The maximum atomic E-state index is 12.6. The van der Waals surface area contributed by atoms with E-state index in [2.05, 4.69) is 0 Å². The van der Waals surface area contributed by atoms with Crippen molar-refractivity contribution in [1.82, 2.24) is 9.80 Å². The van der Waals surface area contributed by atoms with Crippen molar-refractivity contribution in [1.29, 1.82) is 0 Å². The molecule has 3 amide bonds. The number of hydrogen-bond acceptors (Lipinski definition) is 3. The van der Waals surface area contributed by atoms with E-state index in [1.165, 1.54) is 30.6 Å². The predicted octanol–water partition coefficient (Wildman–Crippen LogP) is 3.10. The maximum absolute atomic E-state index is 12.6. The molecule has 1 saturated carbocycles. The first kappa shape index (κ1) is 17.3. The number of hydrogen-bond donors (Lipinski definition) is 0. The van der Waals surface area contributed by atoms with Crippen LogP contribution in [-0.4, -0.2) is 47.2 Å². The molecule has 1 aliphatic carbocycles. The lowest BCUT2D eigenvalue weighted by Crippen LogP contribution is -2.44. The van der Waals surface area contributed by atoms with Gasteiger partial charge in [-0.25, -0.2) is 0 Å². The third-order valence-electron chi connectivity index (χ3n) is 6.29. The SMILES string of the molecule is O=C(CCCN1C(=O)c2ccccc2C1=O)N1CC[C@@H]2CCCC[C@@H]2C1. The molecular weight excluding hydrogens is 328 g/mol. The van der Waals surface area contributed by atoms with Crippen LogP contribution >= 0.6 is 0 Å². The Bertz CT molecular complexity index is 695. The Labute approximate surface area is 154 Å². The van der Waals surface area contributed by atoms with Gasteiger partial charge in [-0.05, 0) is 43.2 Å². The quantitative estimate of drug-likeness (QED) is 0.781. The van der Waals surface area contributed by atoms with E-state index in [0.29, 0.717) is 36.4 Å². The Kier molecular flexibility index (Phi) is 4.79. The minimum Gasteiger partial charge on any atom is -0.342 e. The van der Waals surface area contributed by atoms with Gasteiger partial charge in [0, 0.05) is 26.1 Å². The number of nitrogens with zero attached hydrogens (tertiary/aromatic N) is 2. The zero-order valence-corrected chi connectivity index (χ0v) is 15.2. The van der Waals surface area contributed by atoms with Crippen LogP contribution < -0.4 is 0 Å². The van der Waals surface area contributed by atoms with Crippen molar-refractivity contribution in [3.8, 4) is 0 Å². The summed E-state index contributed by atoms with van der Waals surface area (Å²) in [6.45, 7) is 2.08. The van der Waals surface area contributed by atoms with Crippen molar-refractivity contribution in [3.63, 3.8) is 0 Å². The molecule has 0 bridgehead atoms. The molecule has 5 nitrogen and oxygen atoms in total. The van der Waals surface area contributed by atoms with E-state index in [1.54, 1.807) is 24.3 Å². The molecule has 3 aliphatic rings. The van der Waals surface area contributed by atoms with E-state index in [9.17, 15) is 14.4 Å². The minimum atomic E-state index is -0.235. The van der Waals surface area contributed by atoms with Crippen LogP contribution in [0.15, 0.2) is 24.3 Å². The summed E-state index contributed by atoms with van der Waals surface area (Å²) < 4.78 is 0. The number of fused-ring (bicyclic) bond motifs is 2. The van der Waals surface area contributed by atoms with Gasteiger partial charge in [-0.3, -0.25) is 19.3 Å². The van der Waals surface area contributed by atoms with Gasteiger partial charge in [0.15, 0.2) is 0 Å². The maximum Gasteiger partial charge on any atom is 0.261 e. The highest BCUT2D eigenvalue weighted by Crippen LogP contribution is 2.36. The van der Waals surface area contributed by atoms with Gasteiger partial charge >= 0.3 is 0 Å². The lowest BCUT2D eigenvalue weighted by Gasteiger charge is -2.41. The van der Waals surface area contributed by atoms with Crippen molar-refractivity contribution in [2.45, 2.75) is 44.9 Å². The molecule has 26 heavy (non-hydrogen) atoms.